The summed E-state index contributed by atoms with van der Waals surface area (Å²) in [7, 11) is 0. The van der Waals surface area contributed by atoms with Gasteiger partial charge in [0.05, 0.1) is 6.61 Å². The van der Waals surface area contributed by atoms with Gasteiger partial charge in [-0.2, -0.15) is 0 Å². The summed E-state index contributed by atoms with van der Waals surface area (Å²) >= 11 is 1.71. The molecule has 0 amide bonds. The summed E-state index contributed by atoms with van der Waals surface area (Å²) in [5, 5.41) is 8.79. The summed E-state index contributed by atoms with van der Waals surface area (Å²) in [6.45, 7) is 0.0451. The quantitative estimate of drug-likeness (QED) is 0.715. The molecule has 0 aromatic heterocycles. The van der Waals surface area contributed by atoms with E-state index in [4.69, 9.17) is 10.8 Å². The van der Waals surface area contributed by atoms with E-state index in [0.717, 1.165) is 6.42 Å². The third-order valence-corrected chi connectivity index (χ3v) is 2.59. The molecule has 0 saturated heterocycles. The van der Waals surface area contributed by atoms with Crippen molar-refractivity contribution >= 4 is 11.8 Å². The molecule has 1 aromatic carbocycles. The van der Waals surface area contributed by atoms with Crippen molar-refractivity contribution in [3.63, 3.8) is 0 Å². The number of rotatable bonds is 4. The molecule has 2 nitrogen and oxygen atoms in total. The van der Waals surface area contributed by atoms with Gasteiger partial charge < -0.3 is 10.8 Å². The van der Waals surface area contributed by atoms with Crippen LogP contribution < -0.4 is 5.73 Å². The van der Waals surface area contributed by atoms with Gasteiger partial charge in [0.15, 0.2) is 0 Å². The number of thioether (sulfide) groups is 1. The molecular formula is C10H15NOS. The topological polar surface area (TPSA) is 46.2 Å². The minimum absolute atomic E-state index is 0.0451. The van der Waals surface area contributed by atoms with Crippen molar-refractivity contribution in [1.29, 1.82) is 0 Å². The molecule has 72 valence electrons. The Morgan fingerprint density at radius 3 is 2.92 bits per heavy atom. The van der Waals surface area contributed by atoms with Crippen LogP contribution in [0.3, 0.4) is 0 Å². The first-order valence-electron chi connectivity index (χ1n) is 4.25. The molecule has 0 aliphatic heterocycles. The van der Waals surface area contributed by atoms with Gasteiger partial charge in [-0.15, -0.1) is 11.8 Å². The highest BCUT2D eigenvalue weighted by Crippen LogP contribution is 2.16. The van der Waals surface area contributed by atoms with Crippen LogP contribution in [-0.2, 0) is 6.42 Å². The fourth-order valence-electron chi connectivity index (χ4n) is 1.17. The van der Waals surface area contributed by atoms with Crippen LogP contribution in [-0.4, -0.2) is 24.0 Å². The lowest BCUT2D eigenvalue weighted by Gasteiger charge is -2.08. The van der Waals surface area contributed by atoms with E-state index < -0.39 is 0 Å². The lowest BCUT2D eigenvalue weighted by atomic mass is 10.1. The van der Waals surface area contributed by atoms with E-state index in [2.05, 4.69) is 12.1 Å². The Labute approximate surface area is 83.1 Å². The Balaban J connectivity index is 2.66. The highest BCUT2D eigenvalue weighted by molar-refractivity contribution is 7.98. The van der Waals surface area contributed by atoms with Crippen LogP contribution in [0.2, 0.25) is 0 Å². The molecule has 0 spiro atoms. The molecule has 1 atom stereocenters. The zero-order valence-electron chi connectivity index (χ0n) is 7.73. The van der Waals surface area contributed by atoms with Crippen molar-refractivity contribution < 1.29 is 5.11 Å². The van der Waals surface area contributed by atoms with E-state index in [0.29, 0.717) is 0 Å². The predicted octanol–water partition coefficient (Wildman–Crippen LogP) is 1.27. The highest BCUT2D eigenvalue weighted by Gasteiger charge is 2.02. The molecule has 1 rings (SSSR count). The van der Waals surface area contributed by atoms with Crippen molar-refractivity contribution in [2.75, 3.05) is 12.9 Å². The van der Waals surface area contributed by atoms with Gasteiger partial charge in [0.25, 0.3) is 0 Å². The molecule has 3 heteroatoms. The van der Waals surface area contributed by atoms with Crippen molar-refractivity contribution in [2.24, 2.45) is 5.73 Å². The number of aliphatic hydroxyl groups is 1. The summed E-state index contributed by atoms with van der Waals surface area (Å²) in [6.07, 6.45) is 2.79. The summed E-state index contributed by atoms with van der Waals surface area (Å²) in [5.41, 5.74) is 6.83. The van der Waals surface area contributed by atoms with E-state index >= 15 is 0 Å². The van der Waals surface area contributed by atoms with Crippen LogP contribution in [0.25, 0.3) is 0 Å². The maximum atomic E-state index is 8.79. The molecule has 0 fully saturated rings. The van der Waals surface area contributed by atoms with Crippen LogP contribution in [0.4, 0.5) is 0 Å². The maximum absolute atomic E-state index is 8.79. The monoisotopic (exact) mass is 197 g/mol. The third kappa shape index (κ3) is 3.38. The number of hydrogen-bond acceptors (Lipinski definition) is 3. The normalized spacial score (nSPS) is 12.8. The highest BCUT2D eigenvalue weighted by atomic mass is 32.2. The van der Waals surface area contributed by atoms with Gasteiger partial charge in [-0.05, 0) is 30.4 Å². The SMILES string of the molecule is CSc1cccc(CC(N)CO)c1. The molecule has 1 unspecified atom stereocenters. The Morgan fingerprint density at radius 1 is 1.54 bits per heavy atom. The fraction of sp³-hybridized carbons (Fsp3) is 0.400. The minimum Gasteiger partial charge on any atom is -0.395 e. The van der Waals surface area contributed by atoms with E-state index in [-0.39, 0.29) is 12.6 Å². The van der Waals surface area contributed by atoms with Gasteiger partial charge in [-0.1, -0.05) is 12.1 Å². The molecule has 0 bridgehead atoms. The van der Waals surface area contributed by atoms with E-state index in [1.807, 2.05) is 18.4 Å². The van der Waals surface area contributed by atoms with Gasteiger partial charge in [-0.3, -0.25) is 0 Å². The zero-order valence-corrected chi connectivity index (χ0v) is 8.55. The fourth-order valence-corrected chi connectivity index (χ4v) is 1.65. The number of nitrogens with two attached hydrogens (primary N) is 1. The molecule has 0 radical (unpaired) electrons. The van der Waals surface area contributed by atoms with Crippen LogP contribution in [0.15, 0.2) is 29.2 Å². The smallest absolute Gasteiger partial charge is 0.0585 e. The van der Waals surface area contributed by atoms with Gasteiger partial charge in [-0.25, -0.2) is 0 Å². The number of benzene rings is 1. The van der Waals surface area contributed by atoms with E-state index in [1.165, 1.54) is 10.5 Å². The summed E-state index contributed by atoms with van der Waals surface area (Å²) in [5.74, 6) is 0. The molecule has 1 aromatic rings. The molecular weight excluding hydrogens is 182 g/mol. The standard InChI is InChI=1S/C10H15NOS/c1-13-10-4-2-3-8(6-10)5-9(11)7-12/h2-4,6,9,12H,5,7,11H2,1H3. The van der Waals surface area contributed by atoms with Gasteiger partial charge in [0, 0.05) is 10.9 Å². The maximum Gasteiger partial charge on any atom is 0.0585 e. The van der Waals surface area contributed by atoms with Crippen LogP contribution in [0.5, 0.6) is 0 Å². The van der Waals surface area contributed by atoms with Gasteiger partial charge >= 0.3 is 0 Å². The molecule has 3 N–H and O–H groups in total. The second-order valence-electron chi connectivity index (χ2n) is 3.00. The lowest BCUT2D eigenvalue weighted by molar-refractivity contribution is 0.265. The largest absolute Gasteiger partial charge is 0.395 e. The Bertz CT molecular complexity index is 265. The lowest BCUT2D eigenvalue weighted by Crippen LogP contribution is -2.26. The first-order chi connectivity index (χ1) is 6.26. The summed E-state index contributed by atoms with van der Waals surface area (Å²) in [6, 6.07) is 8.09. The molecule has 0 aliphatic rings. The van der Waals surface area contributed by atoms with Crippen LogP contribution >= 0.6 is 11.8 Å². The minimum atomic E-state index is -0.142. The first-order valence-corrected chi connectivity index (χ1v) is 5.48. The zero-order chi connectivity index (χ0) is 9.68. The molecule has 0 aliphatic carbocycles. The second-order valence-corrected chi connectivity index (χ2v) is 3.88. The molecule has 0 heterocycles. The summed E-state index contributed by atoms with van der Waals surface area (Å²) < 4.78 is 0. The van der Waals surface area contributed by atoms with Crippen LogP contribution in [0.1, 0.15) is 5.56 Å². The Hall–Kier alpha value is -0.510. The van der Waals surface area contributed by atoms with Crippen molar-refractivity contribution in [3.8, 4) is 0 Å². The van der Waals surface area contributed by atoms with Crippen molar-refractivity contribution in [3.05, 3.63) is 29.8 Å². The summed E-state index contributed by atoms with van der Waals surface area (Å²) in [4.78, 5) is 1.24. The average molecular weight is 197 g/mol. The predicted molar refractivity (Wildman–Crippen MR) is 57.0 cm³/mol. The van der Waals surface area contributed by atoms with Gasteiger partial charge in [0.1, 0.15) is 0 Å². The Kier molecular flexibility index (Phi) is 4.28. The third-order valence-electron chi connectivity index (χ3n) is 1.87. The molecule has 13 heavy (non-hydrogen) atoms. The second kappa shape index (κ2) is 5.27. The van der Waals surface area contributed by atoms with E-state index in [9.17, 15) is 0 Å². The van der Waals surface area contributed by atoms with Crippen molar-refractivity contribution in [2.45, 2.75) is 17.4 Å². The number of hydrogen-bond donors (Lipinski definition) is 2. The van der Waals surface area contributed by atoms with Gasteiger partial charge in [0.2, 0.25) is 0 Å². The van der Waals surface area contributed by atoms with Crippen LogP contribution in [0, 0.1) is 0 Å². The van der Waals surface area contributed by atoms with E-state index in [1.54, 1.807) is 11.8 Å². The molecule has 0 saturated carbocycles. The first kappa shape index (κ1) is 10.6. The van der Waals surface area contributed by atoms with Crippen molar-refractivity contribution in [1.82, 2.24) is 0 Å². The Morgan fingerprint density at radius 2 is 2.31 bits per heavy atom. The average Bonchev–Trinajstić information content (AvgIpc) is 2.18. The number of aliphatic hydroxyl groups excluding tert-OH is 1.